The molecule has 1 amide bonds. The van der Waals surface area contributed by atoms with Gasteiger partial charge in [0.2, 0.25) is 5.91 Å². The van der Waals surface area contributed by atoms with Crippen molar-refractivity contribution in [1.29, 1.82) is 0 Å². The summed E-state index contributed by atoms with van der Waals surface area (Å²) in [7, 11) is 2.17. The molecule has 1 unspecified atom stereocenters. The van der Waals surface area contributed by atoms with E-state index in [2.05, 4.69) is 28.5 Å². The molecule has 1 aromatic heterocycles. The second-order valence-corrected chi connectivity index (χ2v) is 7.42. The lowest BCUT2D eigenvalue weighted by Crippen LogP contribution is -2.37. The van der Waals surface area contributed by atoms with Gasteiger partial charge in [-0.25, -0.2) is 4.98 Å². The zero-order chi connectivity index (χ0) is 15.1. The largest absolute Gasteiger partial charge is 0.350 e. The maximum absolute atomic E-state index is 11.9. The lowest BCUT2D eigenvalue weighted by Gasteiger charge is -2.32. The molecule has 1 saturated heterocycles. The Labute approximate surface area is 135 Å². The Kier molecular flexibility index (Phi) is 6.99. The smallest absolute Gasteiger partial charge is 0.220 e. The Balaban J connectivity index is 1.66. The molecule has 21 heavy (non-hydrogen) atoms. The number of likely N-dealkylation sites (tertiary alicyclic amines) is 1. The Bertz CT molecular complexity index is 450. The molecule has 0 saturated carbocycles. The number of hydrogen-bond donors (Lipinski definition) is 1. The Hall–Kier alpha value is -0.590. The number of hydrogen-bond acceptors (Lipinski definition) is 5. The fourth-order valence-corrected chi connectivity index (χ4v) is 4.22. The predicted molar refractivity (Wildman–Crippen MR) is 90.7 cm³/mol. The van der Waals surface area contributed by atoms with Gasteiger partial charge in [-0.15, -0.1) is 11.3 Å². The van der Waals surface area contributed by atoms with Gasteiger partial charge in [-0.3, -0.25) is 4.79 Å². The number of rotatable bonds is 7. The summed E-state index contributed by atoms with van der Waals surface area (Å²) < 4.78 is 0. The monoisotopic (exact) mass is 327 g/mol. The molecule has 118 valence electrons. The van der Waals surface area contributed by atoms with Crippen LogP contribution in [-0.4, -0.2) is 41.7 Å². The van der Waals surface area contributed by atoms with Gasteiger partial charge >= 0.3 is 0 Å². The first-order chi connectivity index (χ1) is 10.2. The average Bonchev–Trinajstić information content (AvgIpc) is 2.92. The van der Waals surface area contributed by atoms with Gasteiger partial charge in [0.05, 0.1) is 12.2 Å². The van der Waals surface area contributed by atoms with Crippen LogP contribution in [0, 0.1) is 0 Å². The van der Waals surface area contributed by atoms with Crippen molar-refractivity contribution in [2.75, 3.05) is 19.8 Å². The van der Waals surface area contributed by atoms with Crippen molar-refractivity contribution in [2.24, 2.45) is 0 Å². The lowest BCUT2D eigenvalue weighted by molar-refractivity contribution is -0.121. The van der Waals surface area contributed by atoms with E-state index in [1.165, 1.54) is 25.8 Å². The second-order valence-electron chi connectivity index (χ2n) is 5.61. The Morgan fingerprint density at radius 1 is 1.57 bits per heavy atom. The normalized spacial score (nSPS) is 19.6. The molecule has 4 nitrogen and oxygen atoms in total. The number of thioether (sulfide) groups is 1. The summed E-state index contributed by atoms with van der Waals surface area (Å²) in [5.74, 6) is 1.10. The van der Waals surface area contributed by atoms with Crippen molar-refractivity contribution in [3.05, 3.63) is 16.1 Å². The molecular formula is C15H25N3OS2. The van der Waals surface area contributed by atoms with Gasteiger partial charge in [0.1, 0.15) is 5.01 Å². The molecule has 2 heterocycles. The third-order valence-corrected chi connectivity index (χ3v) is 5.60. The second kappa shape index (κ2) is 8.76. The van der Waals surface area contributed by atoms with Crippen LogP contribution in [0.1, 0.15) is 42.8 Å². The predicted octanol–water partition coefficient (Wildman–Crippen LogP) is 2.89. The molecule has 0 spiro atoms. The Morgan fingerprint density at radius 2 is 2.43 bits per heavy atom. The fourth-order valence-electron chi connectivity index (χ4n) is 2.70. The topological polar surface area (TPSA) is 45.2 Å². The van der Waals surface area contributed by atoms with Gasteiger partial charge in [-0.2, -0.15) is 11.8 Å². The summed E-state index contributed by atoms with van der Waals surface area (Å²) >= 11 is 3.44. The number of nitrogens with zero attached hydrogens (tertiary/aromatic N) is 2. The molecule has 0 aromatic carbocycles. The highest BCUT2D eigenvalue weighted by atomic mass is 32.2. The van der Waals surface area contributed by atoms with Crippen molar-refractivity contribution in [1.82, 2.24) is 15.2 Å². The Morgan fingerprint density at radius 3 is 3.19 bits per heavy atom. The van der Waals surface area contributed by atoms with Crippen LogP contribution in [0.25, 0.3) is 0 Å². The minimum absolute atomic E-state index is 0.147. The first-order valence-corrected chi connectivity index (χ1v) is 9.85. The third-order valence-electron chi connectivity index (χ3n) is 3.96. The van der Waals surface area contributed by atoms with Crippen LogP contribution in [0.3, 0.4) is 0 Å². The van der Waals surface area contributed by atoms with Crippen LogP contribution < -0.4 is 5.32 Å². The molecule has 1 aromatic rings. The van der Waals surface area contributed by atoms with E-state index in [4.69, 9.17) is 0 Å². The van der Waals surface area contributed by atoms with Crippen LogP contribution in [0.4, 0.5) is 0 Å². The summed E-state index contributed by atoms with van der Waals surface area (Å²) in [4.78, 5) is 18.8. The fraction of sp³-hybridized carbons (Fsp3) is 0.733. The highest BCUT2D eigenvalue weighted by Crippen LogP contribution is 2.19. The summed E-state index contributed by atoms with van der Waals surface area (Å²) in [6.07, 6.45) is 7.49. The zero-order valence-corrected chi connectivity index (χ0v) is 14.6. The van der Waals surface area contributed by atoms with Crippen molar-refractivity contribution in [3.8, 4) is 0 Å². The minimum atomic E-state index is 0.147. The molecule has 1 atom stereocenters. The van der Waals surface area contributed by atoms with Crippen LogP contribution in [0.2, 0.25) is 0 Å². The van der Waals surface area contributed by atoms with E-state index in [0.717, 1.165) is 22.9 Å². The van der Waals surface area contributed by atoms with Crippen LogP contribution in [0.15, 0.2) is 5.38 Å². The standard InChI is InChI=1S/C15H25N3OS2/c1-18-8-4-3-5-13(18)6-7-14(19)16-9-12-10-21-15(17-12)11-20-2/h10,13H,3-9,11H2,1-2H3,(H,16,19). The van der Waals surface area contributed by atoms with Crippen molar-refractivity contribution >= 4 is 29.0 Å². The van der Waals surface area contributed by atoms with Gasteiger partial charge in [0.15, 0.2) is 0 Å². The van der Waals surface area contributed by atoms with Gasteiger partial charge in [0.25, 0.3) is 0 Å². The number of carbonyl (C=O) groups is 1. The molecule has 6 heteroatoms. The van der Waals surface area contributed by atoms with E-state index in [0.29, 0.717) is 19.0 Å². The van der Waals surface area contributed by atoms with E-state index < -0.39 is 0 Å². The van der Waals surface area contributed by atoms with Crippen LogP contribution in [0.5, 0.6) is 0 Å². The SMILES string of the molecule is CSCc1nc(CNC(=O)CCC2CCCCN2C)cs1. The molecule has 1 aliphatic rings. The molecule has 0 bridgehead atoms. The lowest BCUT2D eigenvalue weighted by atomic mass is 9.98. The van der Waals surface area contributed by atoms with E-state index in [9.17, 15) is 4.79 Å². The quantitative estimate of drug-likeness (QED) is 0.836. The molecule has 1 fully saturated rings. The number of piperidine rings is 1. The minimum Gasteiger partial charge on any atom is -0.350 e. The summed E-state index contributed by atoms with van der Waals surface area (Å²) in [6.45, 7) is 1.73. The highest BCUT2D eigenvalue weighted by molar-refractivity contribution is 7.97. The van der Waals surface area contributed by atoms with Crippen molar-refractivity contribution < 1.29 is 4.79 Å². The van der Waals surface area contributed by atoms with Crippen LogP contribution in [-0.2, 0) is 17.1 Å². The average molecular weight is 328 g/mol. The molecule has 1 N–H and O–H groups in total. The van der Waals surface area contributed by atoms with Crippen molar-refractivity contribution in [3.63, 3.8) is 0 Å². The van der Waals surface area contributed by atoms with E-state index in [-0.39, 0.29) is 5.91 Å². The van der Waals surface area contributed by atoms with Gasteiger partial charge < -0.3 is 10.2 Å². The number of carbonyl (C=O) groups excluding carboxylic acids is 1. The summed E-state index contributed by atoms with van der Waals surface area (Å²) in [5, 5.41) is 6.17. The van der Waals surface area contributed by atoms with E-state index >= 15 is 0 Å². The van der Waals surface area contributed by atoms with Gasteiger partial charge in [-0.05, 0) is 39.1 Å². The highest BCUT2D eigenvalue weighted by Gasteiger charge is 2.19. The van der Waals surface area contributed by atoms with Crippen molar-refractivity contribution in [2.45, 2.75) is 50.4 Å². The molecular weight excluding hydrogens is 302 g/mol. The van der Waals surface area contributed by atoms with Crippen LogP contribution >= 0.6 is 23.1 Å². The molecule has 2 rings (SSSR count). The number of aromatic nitrogens is 1. The molecule has 1 aliphatic heterocycles. The third kappa shape index (κ3) is 5.60. The van der Waals surface area contributed by atoms with Gasteiger partial charge in [-0.1, -0.05) is 6.42 Å². The summed E-state index contributed by atoms with van der Waals surface area (Å²) in [5.41, 5.74) is 0.979. The number of thiazole rings is 1. The molecule has 0 radical (unpaired) electrons. The van der Waals surface area contributed by atoms with E-state index in [1.807, 2.05) is 5.38 Å². The number of amides is 1. The first-order valence-electron chi connectivity index (χ1n) is 7.58. The first kappa shape index (κ1) is 16.8. The maximum atomic E-state index is 11.9. The number of nitrogens with one attached hydrogen (secondary N) is 1. The van der Waals surface area contributed by atoms with Gasteiger partial charge in [0, 0.05) is 23.6 Å². The summed E-state index contributed by atoms with van der Waals surface area (Å²) in [6, 6.07) is 0.581. The maximum Gasteiger partial charge on any atom is 0.220 e. The van der Waals surface area contributed by atoms with E-state index in [1.54, 1.807) is 23.1 Å². The molecule has 0 aliphatic carbocycles. The zero-order valence-electron chi connectivity index (χ0n) is 12.9.